The number of rotatable bonds is 2. The second-order valence-corrected chi connectivity index (χ2v) is 3.89. The van der Waals surface area contributed by atoms with Crippen LogP contribution in [0.3, 0.4) is 0 Å². The number of benzene rings is 1. The van der Waals surface area contributed by atoms with E-state index in [4.69, 9.17) is 5.26 Å². The van der Waals surface area contributed by atoms with Gasteiger partial charge in [0.05, 0.1) is 11.5 Å². The van der Waals surface area contributed by atoms with Crippen LogP contribution in [0.15, 0.2) is 24.3 Å². The summed E-state index contributed by atoms with van der Waals surface area (Å²) in [5.41, 5.74) is -0.404. The Morgan fingerprint density at radius 3 is 1.94 bits per heavy atom. The minimum absolute atomic E-state index is 0. The summed E-state index contributed by atoms with van der Waals surface area (Å²) < 4.78 is 36.9. The van der Waals surface area contributed by atoms with Crippen molar-refractivity contribution in [2.45, 2.75) is 18.3 Å². The predicted octanol–water partition coefficient (Wildman–Crippen LogP) is -0.700. The molecule has 0 bridgehead atoms. The van der Waals surface area contributed by atoms with Crippen LogP contribution in [0, 0.1) is 11.3 Å². The Kier molecular flexibility index (Phi) is 4.30. The molecular formula is C10H8BF3KN. The quantitative estimate of drug-likeness (QED) is 0.636. The summed E-state index contributed by atoms with van der Waals surface area (Å²) in [6.45, 7) is -4.93. The second kappa shape index (κ2) is 4.83. The van der Waals surface area contributed by atoms with E-state index in [2.05, 4.69) is 6.07 Å². The minimum atomic E-state index is -4.93. The molecule has 0 N–H and O–H groups in total. The van der Waals surface area contributed by atoms with Gasteiger partial charge in [-0.1, -0.05) is 24.3 Å². The Labute approximate surface area is 135 Å². The first kappa shape index (κ1) is 14.3. The van der Waals surface area contributed by atoms with Crippen LogP contribution in [0.25, 0.3) is 0 Å². The van der Waals surface area contributed by atoms with Gasteiger partial charge >= 0.3 is 58.4 Å². The van der Waals surface area contributed by atoms with E-state index in [9.17, 15) is 12.9 Å². The van der Waals surface area contributed by atoms with E-state index in [1.165, 1.54) is 12.1 Å². The first-order valence-electron chi connectivity index (χ1n) is 4.70. The smallest absolute Gasteiger partial charge is 0.445 e. The Bertz CT molecular complexity index is 417. The number of nitrogens with zero attached hydrogens (tertiary/aromatic N) is 1. The average molecular weight is 249 g/mol. The molecule has 1 aromatic rings. The molecule has 0 spiro atoms. The predicted molar refractivity (Wildman–Crippen MR) is 51.7 cm³/mol. The van der Waals surface area contributed by atoms with Gasteiger partial charge in [0, 0.05) is 0 Å². The van der Waals surface area contributed by atoms with Crippen LogP contribution in [-0.2, 0) is 5.41 Å². The van der Waals surface area contributed by atoms with Gasteiger partial charge in [-0.15, -0.1) is 5.46 Å². The molecule has 0 atom stereocenters. The Balaban J connectivity index is 0.00000128. The topological polar surface area (TPSA) is 23.8 Å². The third-order valence-corrected chi connectivity index (χ3v) is 2.81. The summed E-state index contributed by atoms with van der Waals surface area (Å²) in [5, 5.41) is 8.87. The number of hydrogen-bond donors (Lipinski definition) is 0. The van der Waals surface area contributed by atoms with Crippen molar-refractivity contribution in [3.8, 4) is 6.07 Å². The van der Waals surface area contributed by atoms with Gasteiger partial charge in [-0.3, -0.25) is 0 Å². The first-order valence-corrected chi connectivity index (χ1v) is 4.70. The fourth-order valence-electron chi connectivity index (χ4n) is 1.61. The molecule has 1 aromatic carbocycles. The molecule has 1 nitrogen and oxygen atoms in total. The van der Waals surface area contributed by atoms with Crippen molar-refractivity contribution in [3.05, 3.63) is 29.8 Å². The van der Waals surface area contributed by atoms with E-state index in [1.54, 1.807) is 0 Å². The van der Waals surface area contributed by atoms with E-state index in [0.717, 1.165) is 25.0 Å². The molecule has 0 amide bonds. The molecule has 1 saturated carbocycles. The van der Waals surface area contributed by atoms with Gasteiger partial charge in [0.1, 0.15) is 0 Å². The Hall–Kier alpha value is 0.201. The molecule has 16 heavy (non-hydrogen) atoms. The summed E-state index contributed by atoms with van der Waals surface area (Å²) in [6, 6.07) is 7.11. The van der Waals surface area contributed by atoms with Gasteiger partial charge in [0.15, 0.2) is 0 Å². The molecule has 1 aliphatic rings. The standard InChI is InChI=1S/C10H8BF3N.K/c12-11(13,14)9-3-1-8(2-4-9)10(7-15)5-6-10;/h1-4H,5-6H2;/q-1;+1. The maximum atomic E-state index is 12.3. The number of hydrogen-bond acceptors (Lipinski definition) is 1. The first-order chi connectivity index (χ1) is 6.98. The molecule has 1 fully saturated rings. The van der Waals surface area contributed by atoms with Crippen LogP contribution in [0.5, 0.6) is 0 Å². The van der Waals surface area contributed by atoms with Crippen molar-refractivity contribution in [2.24, 2.45) is 0 Å². The zero-order valence-corrected chi connectivity index (χ0v) is 12.0. The summed E-state index contributed by atoms with van der Waals surface area (Å²) in [6.07, 6.45) is 1.50. The van der Waals surface area contributed by atoms with Crippen molar-refractivity contribution < 1.29 is 64.3 Å². The van der Waals surface area contributed by atoms with Crippen LogP contribution in [-0.4, -0.2) is 6.98 Å². The molecule has 0 aromatic heterocycles. The molecule has 0 radical (unpaired) electrons. The van der Waals surface area contributed by atoms with Crippen molar-refractivity contribution >= 4 is 12.4 Å². The normalized spacial score (nSPS) is 17.1. The van der Waals surface area contributed by atoms with Gasteiger partial charge in [-0.2, -0.15) is 5.26 Å². The SMILES string of the molecule is N#CC1(c2ccc([B-](F)(F)F)cc2)CC1.[K+]. The van der Waals surface area contributed by atoms with Gasteiger partial charge in [0.2, 0.25) is 0 Å². The molecule has 0 aliphatic heterocycles. The molecule has 0 heterocycles. The van der Waals surface area contributed by atoms with Crippen LogP contribution in [0.1, 0.15) is 18.4 Å². The molecule has 6 heteroatoms. The summed E-state index contributed by atoms with van der Waals surface area (Å²) in [7, 11) is 0. The van der Waals surface area contributed by atoms with Gasteiger partial charge in [-0.05, 0) is 18.4 Å². The molecule has 2 rings (SSSR count). The van der Waals surface area contributed by atoms with E-state index in [1.807, 2.05) is 0 Å². The van der Waals surface area contributed by atoms with Crippen LogP contribution >= 0.6 is 0 Å². The molecule has 78 valence electrons. The fraction of sp³-hybridized carbons (Fsp3) is 0.300. The van der Waals surface area contributed by atoms with Crippen LogP contribution in [0.4, 0.5) is 12.9 Å². The van der Waals surface area contributed by atoms with Crippen molar-refractivity contribution in [1.29, 1.82) is 5.26 Å². The minimum Gasteiger partial charge on any atom is -0.445 e. The summed E-state index contributed by atoms with van der Waals surface area (Å²) >= 11 is 0. The molecular weight excluding hydrogens is 241 g/mol. The van der Waals surface area contributed by atoms with Crippen LogP contribution < -0.4 is 56.8 Å². The zero-order chi connectivity index (χ0) is 11.1. The van der Waals surface area contributed by atoms with E-state index in [-0.39, 0.29) is 51.4 Å². The summed E-state index contributed by atoms with van der Waals surface area (Å²) in [5.74, 6) is 0. The third kappa shape index (κ3) is 2.71. The molecule has 0 saturated heterocycles. The third-order valence-electron chi connectivity index (χ3n) is 2.81. The van der Waals surface area contributed by atoms with Gasteiger partial charge in [-0.25, -0.2) is 0 Å². The number of nitriles is 1. The largest absolute Gasteiger partial charge is 1.00 e. The number of halogens is 3. The van der Waals surface area contributed by atoms with Crippen molar-refractivity contribution in [1.82, 2.24) is 0 Å². The zero-order valence-electron chi connectivity index (χ0n) is 8.88. The van der Waals surface area contributed by atoms with Crippen molar-refractivity contribution in [3.63, 3.8) is 0 Å². The Morgan fingerprint density at radius 1 is 1.12 bits per heavy atom. The fourth-order valence-corrected chi connectivity index (χ4v) is 1.61. The van der Waals surface area contributed by atoms with Gasteiger partial charge in [0.25, 0.3) is 0 Å². The Morgan fingerprint density at radius 2 is 1.62 bits per heavy atom. The van der Waals surface area contributed by atoms with E-state index < -0.39 is 17.9 Å². The maximum Gasteiger partial charge on any atom is 1.00 e. The maximum absolute atomic E-state index is 12.3. The summed E-state index contributed by atoms with van der Waals surface area (Å²) in [4.78, 5) is 0. The van der Waals surface area contributed by atoms with E-state index >= 15 is 0 Å². The molecule has 0 unspecified atom stereocenters. The monoisotopic (exact) mass is 249 g/mol. The van der Waals surface area contributed by atoms with Crippen molar-refractivity contribution in [2.75, 3.05) is 0 Å². The second-order valence-electron chi connectivity index (χ2n) is 3.89. The van der Waals surface area contributed by atoms with Crippen LogP contribution in [0.2, 0.25) is 0 Å². The van der Waals surface area contributed by atoms with E-state index in [0.29, 0.717) is 5.56 Å². The average Bonchev–Trinajstić information content (AvgIpc) is 2.97. The molecule has 1 aliphatic carbocycles. The van der Waals surface area contributed by atoms with Gasteiger partial charge < -0.3 is 12.9 Å².